The number of hydrogen-bond donors (Lipinski definition) is 0. The molecule has 0 unspecified atom stereocenters. The molecule has 3 aromatic rings. The van der Waals surface area contributed by atoms with Crippen molar-refractivity contribution in [1.82, 2.24) is 4.98 Å². The van der Waals surface area contributed by atoms with Crippen molar-refractivity contribution in [2.75, 3.05) is 11.4 Å². The average Bonchev–Trinajstić information content (AvgIpc) is 2.65. The van der Waals surface area contributed by atoms with Crippen LogP contribution < -0.4 is 4.90 Å². The summed E-state index contributed by atoms with van der Waals surface area (Å²) < 4.78 is 77.1. The lowest BCUT2D eigenvalue weighted by molar-refractivity contribution is -0.0435. The molecule has 0 atom stereocenters. The summed E-state index contributed by atoms with van der Waals surface area (Å²) in [6, 6.07) is 6.24. The Labute approximate surface area is 168 Å². The highest BCUT2D eigenvalue weighted by Gasteiger charge is 2.47. The standard InChI is InChI=1S/C19H13ClF4N2O2S/c20-15-9-12(21)8-11-2-1-7-26(18(11)15)16-3-4-17(29(27,28)19(22,23)24)14-10-25-6-5-13(14)16/h3-6,8-10H,1-2,7H2. The Bertz CT molecular complexity index is 1230. The zero-order valence-electron chi connectivity index (χ0n) is 14.7. The molecule has 0 aliphatic carbocycles. The monoisotopic (exact) mass is 444 g/mol. The van der Waals surface area contributed by atoms with E-state index in [0.29, 0.717) is 36.3 Å². The molecule has 0 fully saturated rings. The minimum Gasteiger partial charge on any atom is -0.340 e. The smallest absolute Gasteiger partial charge is 0.340 e. The highest BCUT2D eigenvalue weighted by molar-refractivity contribution is 7.92. The van der Waals surface area contributed by atoms with E-state index in [1.807, 2.05) is 0 Å². The normalized spacial score (nSPS) is 14.9. The van der Waals surface area contributed by atoms with E-state index >= 15 is 0 Å². The highest BCUT2D eigenvalue weighted by atomic mass is 35.5. The molecule has 2 aromatic carbocycles. The summed E-state index contributed by atoms with van der Waals surface area (Å²) in [6.07, 6.45) is 3.73. The van der Waals surface area contributed by atoms with E-state index < -0.39 is 26.1 Å². The van der Waals surface area contributed by atoms with Crippen LogP contribution in [0.15, 0.2) is 47.6 Å². The number of rotatable bonds is 2. The van der Waals surface area contributed by atoms with Crippen LogP contribution in [0, 0.1) is 5.82 Å². The molecule has 1 aromatic heterocycles. The van der Waals surface area contributed by atoms with Crippen LogP contribution >= 0.6 is 11.6 Å². The van der Waals surface area contributed by atoms with Crippen LogP contribution in [0.2, 0.25) is 5.02 Å². The zero-order valence-corrected chi connectivity index (χ0v) is 16.2. The number of benzene rings is 2. The van der Waals surface area contributed by atoms with Gasteiger partial charge in [0.25, 0.3) is 9.84 Å². The first-order valence-electron chi connectivity index (χ1n) is 8.55. The topological polar surface area (TPSA) is 50.3 Å². The lowest BCUT2D eigenvalue weighted by Gasteiger charge is -2.33. The van der Waals surface area contributed by atoms with E-state index in [4.69, 9.17) is 11.6 Å². The summed E-state index contributed by atoms with van der Waals surface area (Å²) in [6.45, 7) is 0.487. The van der Waals surface area contributed by atoms with Crippen LogP contribution in [0.4, 0.5) is 28.9 Å². The SMILES string of the molecule is O=S(=O)(c1ccc(N2CCCc3cc(F)cc(Cl)c32)c2ccncc12)C(F)(F)F. The Hall–Kier alpha value is -2.39. The third kappa shape index (κ3) is 3.22. The predicted molar refractivity (Wildman–Crippen MR) is 102 cm³/mol. The second-order valence-electron chi connectivity index (χ2n) is 6.60. The fraction of sp³-hybridized carbons (Fsp3) is 0.211. The first kappa shape index (κ1) is 19.9. The molecule has 1 aliphatic rings. The maximum Gasteiger partial charge on any atom is 0.501 e. The van der Waals surface area contributed by atoms with Crippen molar-refractivity contribution in [2.45, 2.75) is 23.2 Å². The summed E-state index contributed by atoms with van der Waals surface area (Å²) >= 11 is 6.27. The summed E-state index contributed by atoms with van der Waals surface area (Å²) in [5.74, 6) is -0.476. The second-order valence-corrected chi connectivity index (χ2v) is 8.92. The molecule has 4 rings (SSSR count). The van der Waals surface area contributed by atoms with Gasteiger partial charge in [0, 0.05) is 35.4 Å². The molecular weight excluding hydrogens is 432 g/mol. The first-order valence-corrected chi connectivity index (χ1v) is 10.4. The molecule has 0 N–H and O–H groups in total. The zero-order chi connectivity index (χ0) is 21.0. The summed E-state index contributed by atoms with van der Waals surface area (Å²) in [5, 5.41) is 0.306. The number of aromatic nitrogens is 1. The molecule has 4 nitrogen and oxygen atoms in total. The van der Waals surface area contributed by atoms with Gasteiger partial charge in [0.2, 0.25) is 0 Å². The molecule has 0 radical (unpaired) electrons. The molecule has 0 amide bonds. The molecule has 152 valence electrons. The van der Waals surface area contributed by atoms with Gasteiger partial charge < -0.3 is 4.90 Å². The summed E-state index contributed by atoms with van der Waals surface area (Å²) in [7, 11) is -5.56. The molecule has 0 saturated heterocycles. The third-order valence-corrected chi connectivity index (χ3v) is 6.68. The predicted octanol–water partition coefficient (Wildman–Crippen LogP) is 5.41. The molecule has 0 bridgehead atoms. The van der Waals surface area contributed by atoms with Crippen molar-refractivity contribution < 1.29 is 26.0 Å². The van der Waals surface area contributed by atoms with Crippen molar-refractivity contribution >= 4 is 43.6 Å². The van der Waals surface area contributed by atoms with Gasteiger partial charge in [0.1, 0.15) is 5.82 Å². The fourth-order valence-electron chi connectivity index (χ4n) is 3.64. The summed E-state index contributed by atoms with van der Waals surface area (Å²) in [5.41, 5.74) is -3.73. The molecule has 10 heteroatoms. The van der Waals surface area contributed by atoms with Gasteiger partial charge in [0.05, 0.1) is 15.6 Å². The maximum absolute atomic E-state index is 13.7. The van der Waals surface area contributed by atoms with E-state index in [0.717, 1.165) is 12.3 Å². The van der Waals surface area contributed by atoms with Gasteiger partial charge in [-0.2, -0.15) is 13.2 Å². The largest absolute Gasteiger partial charge is 0.501 e. The maximum atomic E-state index is 13.7. The quantitative estimate of drug-likeness (QED) is 0.496. The van der Waals surface area contributed by atoms with Crippen LogP contribution in [-0.4, -0.2) is 25.5 Å². The minimum atomic E-state index is -5.56. The van der Waals surface area contributed by atoms with Crippen molar-refractivity contribution in [3.05, 3.63) is 59.1 Å². The van der Waals surface area contributed by atoms with Crippen LogP contribution in [0.5, 0.6) is 0 Å². The number of alkyl halides is 3. The van der Waals surface area contributed by atoms with Gasteiger partial charge in [0.15, 0.2) is 0 Å². The average molecular weight is 445 g/mol. The van der Waals surface area contributed by atoms with E-state index in [1.165, 1.54) is 30.5 Å². The van der Waals surface area contributed by atoms with Crippen molar-refractivity contribution in [1.29, 1.82) is 0 Å². The number of anilines is 2. The van der Waals surface area contributed by atoms with Crippen LogP contribution in [0.1, 0.15) is 12.0 Å². The van der Waals surface area contributed by atoms with Gasteiger partial charge in [-0.1, -0.05) is 11.6 Å². The van der Waals surface area contributed by atoms with Crippen molar-refractivity contribution in [3.63, 3.8) is 0 Å². The number of fused-ring (bicyclic) bond motifs is 2. The number of nitrogens with zero attached hydrogens (tertiary/aromatic N) is 2. The Morgan fingerprint density at radius 1 is 1.10 bits per heavy atom. The number of sulfone groups is 1. The van der Waals surface area contributed by atoms with Gasteiger partial charge in [-0.15, -0.1) is 0 Å². The highest BCUT2D eigenvalue weighted by Crippen LogP contribution is 2.44. The van der Waals surface area contributed by atoms with Crippen LogP contribution in [0.3, 0.4) is 0 Å². The van der Waals surface area contributed by atoms with E-state index in [-0.39, 0.29) is 15.8 Å². The van der Waals surface area contributed by atoms with Gasteiger partial charge >= 0.3 is 5.51 Å². The Morgan fingerprint density at radius 3 is 2.59 bits per heavy atom. The van der Waals surface area contributed by atoms with Crippen molar-refractivity contribution in [2.24, 2.45) is 0 Å². The lowest BCUT2D eigenvalue weighted by Crippen LogP contribution is -2.26. The second kappa shape index (κ2) is 6.84. The molecule has 1 aliphatic heterocycles. The summed E-state index contributed by atoms with van der Waals surface area (Å²) in [4.78, 5) is 4.71. The van der Waals surface area contributed by atoms with Crippen molar-refractivity contribution in [3.8, 4) is 0 Å². The van der Waals surface area contributed by atoms with E-state index in [1.54, 1.807) is 4.90 Å². The number of hydrogen-bond acceptors (Lipinski definition) is 4. The Kier molecular flexibility index (Phi) is 4.70. The van der Waals surface area contributed by atoms with Gasteiger partial charge in [-0.05, 0) is 48.7 Å². The van der Waals surface area contributed by atoms with Gasteiger partial charge in [-0.25, -0.2) is 12.8 Å². The minimum absolute atomic E-state index is 0.146. The first-order chi connectivity index (χ1) is 13.6. The molecular formula is C19H13ClF4N2O2S. The molecule has 2 heterocycles. The van der Waals surface area contributed by atoms with Crippen LogP contribution in [0.25, 0.3) is 10.8 Å². The van der Waals surface area contributed by atoms with Gasteiger partial charge in [-0.3, -0.25) is 4.98 Å². The Balaban J connectivity index is 1.97. The van der Waals surface area contributed by atoms with E-state index in [2.05, 4.69) is 4.98 Å². The molecule has 0 saturated carbocycles. The Morgan fingerprint density at radius 2 is 1.86 bits per heavy atom. The third-order valence-electron chi connectivity index (χ3n) is 4.84. The number of aryl methyl sites for hydroxylation is 1. The van der Waals surface area contributed by atoms with Crippen LogP contribution in [-0.2, 0) is 16.3 Å². The van der Waals surface area contributed by atoms with E-state index in [9.17, 15) is 26.0 Å². The molecule has 29 heavy (non-hydrogen) atoms. The number of halogens is 5. The number of pyridine rings is 1. The lowest BCUT2D eigenvalue weighted by atomic mass is 9.99. The fourth-order valence-corrected chi connectivity index (χ4v) is 4.91. The molecule has 0 spiro atoms.